The van der Waals surface area contributed by atoms with E-state index in [1.165, 1.54) is 24.8 Å². The molecule has 3 aromatic rings. The minimum absolute atomic E-state index is 0.0239. The average Bonchev–Trinajstić information content (AvgIpc) is 2.81. The fourth-order valence-corrected chi connectivity index (χ4v) is 4.01. The standard InChI is InChI=1S/C25H27N3O/c29-25(23-11-9-20(10-12-23)21-13-15-26-16-14-21)27-19-24(22-7-3-1-4-8-22)28-17-5-2-6-18-28/h1,3-4,7-16,24H,2,5-6,17-19H2,(H,27,29)/t24-/m0/s1. The van der Waals surface area contributed by atoms with Crippen LogP contribution in [0.15, 0.2) is 79.1 Å². The van der Waals surface area contributed by atoms with Crippen molar-refractivity contribution in [3.05, 3.63) is 90.3 Å². The third-order valence-corrected chi connectivity index (χ3v) is 5.63. The minimum Gasteiger partial charge on any atom is -0.350 e. The molecule has 0 unspecified atom stereocenters. The fraction of sp³-hybridized carbons (Fsp3) is 0.280. The average molecular weight is 386 g/mol. The third kappa shape index (κ3) is 4.90. The molecule has 1 aliphatic rings. The molecular weight excluding hydrogens is 358 g/mol. The molecule has 0 bridgehead atoms. The second-order valence-electron chi connectivity index (χ2n) is 7.55. The predicted octanol–water partition coefficient (Wildman–Crippen LogP) is 4.71. The number of benzene rings is 2. The monoisotopic (exact) mass is 385 g/mol. The van der Waals surface area contributed by atoms with E-state index in [-0.39, 0.29) is 11.9 Å². The Morgan fingerprint density at radius 2 is 1.52 bits per heavy atom. The van der Waals surface area contributed by atoms with Gasteiger partial charge in [0.05, 0.1) is 6.04 Å². The van der Waals surface area contributed by atoms with E-state index in [1.807, 2.05) is 42.5 Å². The molecule has 1 amide bonds. The van der Waals surface area contributed by atoms with Crippen molar-refractivity contribution >= 4 is 5.91 Å². The second kappa shape index (κ2) is 9.48. The normalized spacial score (nSPS) is 15.6. The summed E-state index contributed by atoms with van der Waals surface area (Å²) in [6.07, 6.45) is 7.32. The van der Waals surface area contributed by atoms with Gasteiger partial charge in [-0.1, -0.05) is 48.9 Å². The Kier molecular flexibility index (Phi) is 6.32. The van der Waals surface area contributed by atoms with Crippen LogP contribution < -0.4 is 5.32 Å². The van der Waals surface area contributed by atoms with Crippen molar-refractivity contribution < 1.29 is 4.79 Å². The molecule has 2 heterocycles. The molecule has 1 fully saturated rings. The van der Waals surface area contributed by atoms with Crippen LogP contribution in [0, 0.1) is 0 Å². The first kappa shape index (κ1) is 19.3. The smallest absolute Gasteiger partial charge is 0.251 e. The van der Waals surface area contributed by atoms with Gasteiger partial charge in [0.25, 0.3) is 5.91 Å². The number of nitrogens with one attached hydrogen (secondary N) is 1. The van der Waals surface area contributed by atoms with Crippen molar-refractivity contribution in [1.29, 1.82) is 0 Å². The van der Waals surface area contributed by atoms with E-state index in [0.717, 1.165) is 24.2 Å². The molecule has 4 rings (SSSR count). The Morgan fingerprint density at radius 1 is 0.862 bits per heavy atom. The highest BCUT2D eigenvalue weighted by Crippen LogP contribution is 2.24. The van der Waals surface area contributed by atoms with Crippen molar-refractivity contribution in [2.45, 2.75) is 25.3 Å². The number of amides is 1. The van der Waals surface area contributed by atoms with Crippen LogP contribution in [0.3, 0.4) is 0 Å². The molecule has 2 aromatic carbocycles. The number of likely N-dealkylation sites (tertiary alicyclic amines) is 1. The van der Waals surface area contributed by atoms with Crippen molar-refractivity contribution in [2.75, 3.05) is 19.6 Å². The van der Waals surface area contributed by atoms with E-state index in [0.29, 0.717) is 12.1 Å². The molecular formula is C25H27N3O. The maximum absolute atomic E-state index is 12.8. The fourth-order valence-electron chi connectivity index (χ4n) is 4.01. The van der Waals surface area contributed by atoms with Gasteiger partial charge in [0.15, 0.2) is 0 Å². The molecule has 29 heavy (non-hydrogen) atoms. The number of piperidine rings is 1. The molecule has 1 saturated heterocycles. The number of rotatable bonds is 6. The van der Waals surface area contributed by atoms with Gasteiger partial charge in [0.2, 0.25) is 0 Å². The highest BCUT2D eigenvalue weighted by molar-refractivity contribution is 5.94. The van der Waals surface area contributed by atoms with E-state index in [1.54, 1.807) is 12.4 Å². The van der Waals surface area contributed by atoms with Crippen molar-refractivity contribution in [2.24, 2.45) is 0 Å². The Bertz CT molecular complexity index is 904. The quantitative estimate of drug-likeness (QED) is 0.669. The van der Waals surface area contributed by atoms with Crippen LogP contribution in [0.2, 0.25) is 0 Å². The largest absolute Gasteiger partial charge is 0.350 e. The summed E-state index contributed by atoms with van der Waals surface area (Å²) >= 11 is 0. The Morgan fingerprint density at radius 3 is 2.21 bits per heavy atom. The van der Waals surface area contributed by atoms with Gasteiger partial charge in [-0.2, -0.15) is 0 Å². The zero-order valence-electron chi connectivity index (χ0n) is 16.6. The van der Waals surface area contributed by atoms with Gasteiger partial charge in [0, 0.05) is 24.5 Å². The number of carbonyl (C=O) groups excluding carboxylic acids is 1. The van der Waals surface area contributed by atoms with Crippen LogP contribution >= 0.6 is 0 Å². The number of aromatic nitrogens is 1. The summed E-state index contributed by atoms with van der Waals surface area (Å²) in [5, 5.41) is 3.16. The lowest BCUT2D eigenvalue weighted by Gasteiger charge is -2.35. The van der Waals surface area contributed by atoms with Crippen molar-refractivity contribution in [1.82, 2.24) is 15.2 Å². The number of pyridine rings is 1. The maximum atomic E-state index is 12.8. The van der Waals surface area contributed by atoms with Gasteiger partial charge < -0.3 is 5.32 Å². The van der Waals surface area contributed by atoms with Crippen LogP contribution in [-0.2, 0) is 0 Å². The van der Waals surface area contributed by atoms with Gasteiger partial charge >= 0.3 is 0 Å². The first-order valence-corrected chi connectivity index (χ1v) is 10.4. The van der Waals surface area contributed by atoms with Crippen molar-refractivity contribution in [3.63, 3.8) is 0 Å². The zero-order chi connectivity index (χ0) is 19.9. The van der Waals surface area contributed by atoms with Crippen LogP contribution in [-0.4, -0.2) is 35.4 Å². The van der Waals surface area contributed by atoms with Gasteiger partial charge in [-0.25, -0.2) is 0 Å². The van der Waals surface area contributed by atoms with Crippen LogP contribution in [0.1, 0.15) is 41.2 Å². The van der Waals surface area contributed by atoms with Gasteiger partial charge in [-0.3, -0.25) is 14.7 Å². The summed E-state index contributed by atoms with van der Waals surface area (Å²) in [5.74, 6) is -0.0239. The highest BCUT2D eigenvalue weighted by atomic mass is 16.1. The summed E-state index contributed by atoms with van der Waals surface area (Å²) in [7, 11) is 0. The SMILES string of the molecule is O=C(NC[C@@H](c1ccccc1)N1CCCCC1)c1ccc(-c2ccncc2)cc1. The molecule has 4 nitrogen and oxygen atoms in total. The molecule has 0 radical (unpaired) electrons. The summed E-state index contributed by atoms with van der Waals surface area (Å²) in [5.41, 5.74) is 4.14. The van der Waals surface area contributed by atoms with E-state index >= 15 is 0 Å². The summed E-state index contributed by atoms with van der Waals surface area (Å²) in [6.45, 7) is 2.81. The Balaban J connectivity index is 1.43. The van der Waals surface area contributed by atoms with E-state index in [4.69, 9.17) is 0 Å². The first-order valence-electron chi connectivity index (χ1n) is 10.4. The topological polar surface area (TPSA) is 45.2 Å². The predicted molar refractivity (Wildman–Crippen MR) is 117 cm³/mol. The van der Waals surface area contributed by atoms with Crippen LogP contribution in [0.4, 0.5) is 0 Å². The molecule has 1 aliphatic heterocycles. The van der Waals surface area contributed by atoms with Gasteiger partial charge in [-0.05, 0) is 66.9 Å². The number of nitrogens with zero attached hydrogens (tertiary/aromatic N) is 2. The number of hydrogen-bond acceptors (Lipinski definition) is 3. The zero-order valence-corrected chi connectivity index (χ0v) is 16.6. The summed E-state index contributed by atoms with van der Waals surface area (Å²) in [4.78, 5) is 19.3. The van der Waals surface area contributed by atoms with Crippen molar-refractivity contribution in [3.8, 4) is 11.1 Å². The van der Waals surface area contributed by atoms with Gasteiger partial charge in [0.1, 0.15) is 0 Å². The molecule has 1 N–H and O–H groups in total. The van der Waals surface area contributed by atoms with Crippen LogP contribution in [0.5, 0.6) is 0 Å². The Labute approximate surface area is 172 Å². The number of hydrogen-bond donors (Lipinski definition) is 1. The molecule has 1 atom stereocenters. The number of carbonyl (C=O) groups is 1. The molecule has 1 aromatic heterocycles. The van der Waals surface area contributed by atoms with E-state index in [2.05, 4.69) is 39.5 Å². The molecule has 0 spiro atoms. The second-order valence-corrected chi connectivity index (χ2v) is 7.55. The highest BCUT2D eigenvalue weighted by Gasteiger charge is 2.22. The molecule has 0 saturated carbocycles. The minimum atomic E-state index is -0.0239. The molecule has 148 valence electrons. The lowest BCUT2D eigenvalue weighted by Crippen LogP contribution is -2.40. The first-order chi connectivity index (χ1) is 14.3. The maximum Gasteiger partial charge on any atom is 0.251 e. The van der Waals surface area contributed by atoms with E-state index < -0.39 is 0 Å². The lowest BCUT2D eigenvalue weighted by molar-refractivity contribution is 0.0924. The Hall–Kier alpha value is -2.98. The summed E-state index contributed by atoms with van der Waals surface area (Å²) in [6, 6.07) is 22.4. The molecule has 0 aliphatic carbocycles. The lowest BCUT2D eigenvalue weighted by atomic mass is 10.0. The van der Waals surface area contributed by atoms with E-state index in [9.17, 15) is 4.79 Å². The third-order valence-electron chi connectivity index (χ3n) is 5.63. The molecule has 4 heteroatoms. The summed E-state index contributed by atoms with van der Waals surface area (Å²) < 4.78 is 0. The van der Waals surface area contributed by atoms with Crippen LogP contribution in [0.25, 0.3) is 11.1 Å². The van der Waals surface area contributed by atoms with Gasteiger partial charge in [-0.15, -0.1) is 0 Å².